The second kappa shape index (κ2) is 4.66. The molecule has 1 aromatic heterocycles. The average Bonchev–Trinajstić information content (AvgIpc) is 2.78. The summed E-state index contributed by atoms with van der Waals surface area (Å²) in [7, 11) is 0. The van der Waals surface area contributed by atoms with Gasteiger partial charge in [0.1, 0.15) is 5.69 Å². The topological polar surface area (TPSA) is 64.2 Å². The lowest BCUT2D eigenvalue weighted by atomic mass is 10.1. The maximum Gasteiger partial charge on any atom is 0.586 e. The highest BCUT2D eigenvalue weighted by molar-refractivity contribution is 6.30. The zero-order valence-electron chi connectivity index (χ0n) is 11.3. The average molecular weight is 337 g/mol. The number of hydrogen-bond acceptors (Lipinski definition) is 4. The molecule has 0 saturated heterocycles. The molecule has 0 bridgehead atoms. The maximum atomic E-state index is 13.1. The Hall–Kier alpha value is -2.67. The summed E-state index contributed by atoms with van der Waals surface area (Å²) in [6.45, 7) is 0. The van der Waals surface area contributed by atoms with Crippen molar-refractivity contribution in [2.45, 2.75) is 6.29 Å². The third-order valence-electron chi connectivity index (χ3n) is 3.33. The lowest BCUT2D eigenvalue weighted by molar-refractivity contribution is -0.286. The van der Waals surface area contributed by atoms with Gasteiger partial charge in [0.05, 0.1) is 11.0 Å². The first-order valence-corrected chi connectivity index (χ1v) is 6.89. The molecular weight excluding hydrogens is 330 g/mol. The van der Waals surface area contributed by atoms with E-state index in [0.717, 1.165) is 0 Å². The highest BCUT2D eigenvalue weighted by Gasteiger charge is 2.43. The number of H-pyrrole nitrogens is 1. The zero-order valence-corrected chi connectivity index (χ0v) is 12.0. The Kier molecular flexibility index (Phi) is 2.83. The predicted molar refractivity (Wildman–Crippen MR) is 79.0 cm³/mol. The van der Waals surface area contributed by atoms with Crippen molar-refractivity contribution >= 4 is 22.6 Å². The Morgan fingerprint density at radius 1 is 1.09 bits per heavy atom. The van der Waals surface area contributed by atoms with Crippen LogP contribution in [0.25, 0.3) is 22.3 Å². The van der Waals surface area contributed by atoms with Crippen molar-refractivity contribution in [1.29, 1.82) is 0 Å². The lowest BCUT2D eigenvalue weighted by Gasteiger charge is -2.04. The number of aromatic nitrogens is 2. The molecule has 116 valence electrons. The zero-order chi connectivity index (χ0) is 16.2. The van der Waals surface area contributed by atoms with Gasteiger partial charge in [-0.05, 0) is 12.1 Å². The fraction of sp³-hybridized carbons (Fsp3) is 0.0667. The Balaban J connectivity index is 1.89. The first kappa shape index (κ1) is 14.0. The van der Waals surface area contributed by atoms with Crippen LogP contribution in [-0.4, -0.2) is 16.3 Å². The number of ether oxygens (including phenoxy) is 2. The summed E-state index contributed by atoms with van der Waals surface area (Å²) < 4.78 is 34.9. The van der Waals surface area contributed by atoms with Crippen LogP contribution >= 0.6 is 11.6 Å². The molecule has 1 aliphatic rings. The van der Waals surface area contributed by atoms with Crippen LogP contribution in [0.2, 0.25) is 5.02 Å². The number of nitrogens with zero attached hydrogens (tertiary/aromatic N) is 1. The molecule has 0 radical (unpaired) electrons. The Labute approximate surface area is 132 Å². The van der Waals surface area contributed by atoms with Crippen LogP contribution in [0.5, 0.6) is 11.5 Å². The lowest BCUT2D eigenvalue weighted by Crippen LogP contribution is -2.25. The van der Waals surface area contributed by atoms with Crippen LogP contribution in [0.4, 0.5) is 8.78 Å². The number of fused-ring (bicyclic) bond motifs is 2. The quantitative estimate of drug-likeness (QED) is 0.738. The van der Waals surface area contributed by atoms with Gasteiger partial charge >= 0.3 is 6.29 Å². The number of halogens is 3. The fourth-order valence-electron chi connectivity index (χ4n) is 2.33. The van der Waals surface area contributed by atoms with Crippen LogP contribution in [0, 0.1) is 0 Å². The van der Waals surface area contributed by atoms with E-state index in [2.05, 4.69) is 19.4 Å². The highest BCUT2D eigenvalue weighted by atomic mass is 35.5. The van der Waals surface area contributed by atoms with Crippen LogP contribution in [0.3, 0.4) is 0 Å². The second-order valence-electron chi connectivity index (χ2n) is 4.91. The predicted octanol–water partition coefficient (Wildman–Crippen LogP) is 3.57. The minimum Gasteiger partial charge on any atom is -0.395 e. The van der Waals surface area contributed by atoms with Crippen molar-refractivity contribution in [3.05, 3.63) is 51.8 Å². The number of benzene rings is 2. The Bertz CT molecular complexity index is 986. The van der Waals surface area contributed by atoms with Crippen LogP contribution < -0.4 is 15.0 Å². The molecule has 0 fully saturated rings. The second-order valence-corrected chi connectivity index (χ2v) is 5.34. The number of nitrogens with one attached hydrogen (secondary N) is 1. The molecule has 3 aromatic rings. The normalized spacial score (nSPS) is 15.1. The number of rotatable bonds is 1. The van der Waals surface area contributed by atoms with E-state index in [4.69, 9.17) is 11.6 Å². The van der Waals surface area contributed by atoms with Crippen molar-refractivity contribution in [3.63, 3.8) is 0 Å². The van der Waals surface area contributed by atoms with Gasteiger partial charge in [-0.1, -0.05) is 23.7 Å². The standard InChI is InChI=1S/C15H7ClF2N2O3/c16-8-3-1-7(2-4-8)13-14(21)20-10-6-12-11(5-9(10)19-13)22-15(17,18)23-12/h1-6H,(H,20,21). The summed E-state index contributed by atoms with van der Waals surface area (Å²) in [5, 5.41) is 0.525. The fourth-order valence-corrected chi connectivity index (χ4v) is 2.46. The largest absolute Gasteiger partial charge is 0.586 e. The first-order chi connectivity index (χ1) is 10.9. The molecule has 5 nitrogen and oxygen atoms in total. The van der Waals surface area contributed by atoms with Gasteiger partial charge in [-0.2, -0.15) is 0 Å². The van der Waals surface area contributed by atoms with E-state index < -0.39 is 11.9 Å². The van der Waals surface area contributed by atoms with E-state index in [1.165, 1.54) is 12.1 Å². The molecule has 0 amide bonds. The molecule has 4 rings (SSSR count). The summed E-state index contributed by atoms with van der Waals surface area (Å²) in [5.74, 6) is -0.289. The molecule has 1 aliphatic heterocycles. The Morgan fingerprint density at radius 2 is 1.74 bits per heavy atom. The molecule has 1 N–H and O–H groups in total. The summed E-state index contributed by atoms with van der Waals surface area (Å²) >= 11 is 5.82. The number of aromatic amines is 1. The van der Waals surface area contributed by atoms with Gasteiger partial charge in [0.15, 0.2) is 11.5 Å². The summed E-state index contributed by atoms with van der Waals surface area (Å²) in [6, 6.07) is 9.09. The third-order valence-corrected chi connectivity index (χ3v) is 3.58. The molecule has 2 heterocycles. The van der Waals surface area contributed by atoms with E-state index in [1.54, 1.807) is 24.3 Å². The third kappa shape index (κ3) is 2.39. The van der Waals surface area contributed by atoms with Gasteiger partial charge in [-0.25, -0.2) is 4.98 Å². The molecular formula is C15H7ClF2N2O3. The highest BCUT2D eigenvalue weighted by Crippen LogP contribution is 2.42. The Morgan fingerprint density at radius 3 is 2.43 bits per heavy atom. The molecule has 8 heteroatoms. The smallest absolute Gasteiger partial charge is 0.395 e. The van der Waals surface area contributed by atoms with E-state index >= 15 is 0 Å². The molecule has 2 aromatic carbocycles. The minimum absolute atomic E-state index is 0.135. The van der Waals surface area contributed by atoms with Crippen LogP contribution in [0.1, 0.15) is 0 Å². The van der Waals surface area contributed by atoms with E-state index in [-0.39, 0.29) is 22.7 Å². The minimum atomic E-state index is -3.72. The molecule has 0 saturated carbocycles. The van der Waals surface area contributed by atoms with Gasteiger partial charge in [-0.15, -0.1) is 8.78 Å². The maximum absolute atomic E-state index is 13.1. The van der Waals surface area contributed by atoms with Gasteiger partial charge in [0.25, 0.3) is 5.56 Å². The van der Waals surface area contributed by atoms with Gasteiger partial charge in [0.2, 0.25) is 0 Å². The van der Waals surface area contributed by atoms with Crippen molar-refractivity contribution in [3.8, 4) is 22.8 Å². The van der Waals surface area contributed by atoms with Crippen LogP contribution in [-0.2, 0) is 0 Å². The van der Waals surface area contributed by atoms with Crippen LogP contribution in [0.15, 0.2) is 41.2 Å². The van der Waals surface area contributed by atoms with E-state index in [1.807, 2.05) is 0 Å². The monoisotopic (exact) mass is 336 g/mol. The van der Waals surface area contributed by atoms with Crippen molar-refractivity contribution < 1.29 is 18.3 Å². The van der Waals surface area contributed by atoms with E-state index in [0.29, 0.717) is 16.1 Å². The molecule has 0 spiro atoms. The molecule has 23 heavy (non-hydrogen) atoms. The molecule has 0 atom stereocenters. The van der Waals surface area contributed by atoms with Crippen molar-refractivity contribution in [2.24, 2.45) is 0 Å². The number of hydrogen-bond donors (Lipinski definition) is 1. The van der Waals surface area contributed by atoms with Gasteiger partial charge in [-0.3, -0.25) is 4.79 Å². The summed E-state index contributed by atoms with van der Waals surface area (Å²) in [5.41, 5.74) is 0.827. The van der Waals surface area contributed by atoms with Gasteiger partial charge < -0.3 is 14.5 Å². The molecule has 0 aliphatic carbocycles. The first-order valence-electron chi connectivity index (χ1n) is 6.51. The summed E-state index contributed by atoms with van der Waals surface area (Å²) in [4.78, 5) is 19.0. The van der Waals surface area contributed by atoms with Gasteiger partial charge in [0, 0.05) is 22.7 Å². The van der Waals surface area contributed by atoms with Crippen molar-refractivity contribution in [2.75, 3.05) is 0 Å². The molecule has 0 unspecified atom stereocenters. The summed E-state index contributed by atoms with van der Waals surface area (Å²) in [6.07, 6.45) is -3.72. The SMILES string of the molecule is O=c1[nH]c2cc3c(cc2nc1-c1ccc(Cl)cc1)OC(F)(F)O3. The van der Waals surface area contributed by atoms with E-state index in [9.17, 15) is 13.6 Å². The van der Waals surface area contributed by atoms with Crippen molar-refractivity contribution in [1.82, 2.24) is 9.97 Å². The number of alkyl halides is 2.